The van der Waals surface area contributed by atoms with E-state index >= 15 is 0 Å². The van der Waals surface area contributed by atoms with Crippen molar-refractivity contribution >= 4 is 29.1 Å². The zero-order valence-electron chi connectivity index (χ0n) is 13.0. The molecule has 0 aliphatic carbocycles. The molecule has 7 heteroatoms. The van der Waals surface area contributed by atoms with Gasteiger partial charge in [-0.2, -0.15) is 0 Å². The number of carbonyl (C=O) groups is 2. The number of methoxy groups -OCH3 is 2. The lowest BCUT2D eigenvalue weighted by Gasteiger charge is -2.10. The van der Waals surface area contributed by atoms with E-state index < -0.39 is 6.09 Å². The first-order chi connectivity index (χ1) is 11.0. The van der Waals surface area contributed by atoms with Crippen molar-refractivity contribution in [1.29, 1.82) is 0 Å². The van der Waals surface area contributed by atoms with Gasteiger partial charge in [-0.15, -0.1) is 11.3 Å². The summed E-state index contributed by atoms with van der Waals surface area (Å²) in [4.78, 5) is 24.1. The number of ether oxygens (including phenoxy) is 3. The molecule has 0 bridgehead atoms. The number of carbonyl (C=O) groups excluding carboxylic acids is 2. The van der Waals surface area contributed by atoms with Gasteiger partial charge in [0.15, 0.2) is 0 Å². The molecule has 1 aromatic carbocycles. The number of rotatable bonds is 5. The molecule has 2 aromatic rings. The van der Waals surface area contributed by atoms with Crippen LogP contribution in [0.5, 0.6) is 5.75 Å². The molecule has 0 aliphatic rings. The topological polar surface area (TPSA) is 73.9 Å². The molecule has 0 saturated heterocycles. The molecular weight excluding hydrogens is 318 g/mol. The molecule has 1 amide bonds. The fraction of sp³-hybridized carbons (Fsp3) is 0.250. The second kappa shape index (κ2) is 7.64. The van der Waals surface area contributed by atoms with Gasteiger partial charge in [0.05, 0.1) is 14.2 Å². The van der Waals surface area contributed by atoms with Crippen molar-refractivity contribution in [3.05, 3.63) is 45.6 Å². The number of benzene rings is 1. The quantitative estimate of drug-likeness (QED) is 0.845. The van der Waals surface area contributed by atoms with Crippen LogP contribution in [-0.2, 0) is 16.1 Å². The van der Waals surface area contributed by atoms with Gasteiger partial charge in [-0.3, -0.25) is 5.32 Å². The predicted molar refractivity (Wildman–Crippen MR) is 87.2 cm³/mol. The maximum absolute atomic E-state index is 11.4. The van der Waals surface area contributed by atoms with Crippen molar-refractivity contribution < 1.29 is 23.8 Å². The lowest BCUT2D eigenvalue weighted by Crippen LogP contribution is -2.11. The number of hydrogen-bond acceptors (Lipinski definition) is 6. The van der Waals surface area contributed by atoms with Gasteiger partial charge < -0.3 is 14.2 Å². The average Bonchev–Trinajstić information content (AvgIpc) is 3.03. The van der Waals surface area contributed by atoms with E-state index in [1.54, 1.807) is 18.2 Å². The lowest BCUT2D eigenvalue weighted by atomic mass is 10.2. The minimum Gasteiger partial charge on any atom is -0.488 e. The second-order valence-corrected chi connectivity index (χ2v) is 5.81. The third-order valence-electron chi connectivity index (χ3n) is 3.05. The Bertz CT molecular complexity index is 710. The van der Waals surface area contributed by atoms with E-state index in [1.165, 1.54) is 25.6 Å². The van der Waals surface area contributed by atoms with E-state index in [1.807, 2.05) is 19.1 Å². The minimum absolute atomic E-state index is 0.352. The predicted octanol–water partition coefficient (Wildman–Crippen LogP) is 3.60. The summed E-state index contributed by atoms with van der Waals surface area (Å²) in [7, 11) is 2.66. The zero-order chi connectivity index (χ0) is 16.8. The number of aryl methyl sites for hydroxylation is 1. The monoisotopic (exact) mass is 335 g/mol. The van der Waals surface area contributed by atoms with Crippen LogP contribution in [-0.4, -0.2) is 26.3 Å². The SMILES string of the molecule is COC(=O)Nc1ccc(OCc2ccc(C(=O)OC)s2)cc1C. The van der Waals surface area contributed by atoms with E-state index in [4.69, 9.17) is 4.74 Å². The molecule has 2 rings (SSSR count). The Morgan fingerprint density at radius 2 is 1.91 bits per heavy atom. The van der Waals surface area contributed by atoms with Gasteiger partial charge >= 0.3 is 12.1 Å². The summed E-state index contributed by atoms with van der Waals surface area (Å²) in [5.41, 5.74) is 1.52. The highest BCUT2D eigenvalue weighted by Crippen LogP contribution is 2.24. The van der Waals surface area contributed by atoms with Crippen LogP contribution in [0.25, 0.3) is 0 Å². The summed E-state index contributed by atoms with van der Waals surface area (Å²) in [6, 6.07) is 8.86. The molecule has 0 spiro atoms. The van der Waals surface area contributed by atoms with Gasteiger partial charge in [0.1, 0.15) is 17.2 Å². The van der Waals surface area contributed by atoms with Crippen LogP contribution in [0.3, 0.4) is 0 Å². The standard InChI is InChI=1S/C16H17NO5S/c1-10-8-11(4-6-13(10)17-16(19)21-3)22-9-12-5-7-14(23-12)15(18)20-2/h4-8H,9H2,1-3H3,(H,17,19). The first-order valence-corrected chi connectivity index (χ1v) is 7.60. The third kappa shape index (κ3) is 4.46. The Hall–Kier alpha value is -2.54. The van der Waals surface area contributed by atoms with Gasteiger partial charge in [0, 0.05) is 10.6 Å². The van der Waals surface area contributed by atoms with Gasteiger partial charge in [0.25, 0.3) is 0 Å². The number of esters is 1. The highest BCUT2D eigenvalue weighted by Gasteiger charge is 2.10. The van der Waals surface area contributed by atoms with Gasteiger partial charge in [0.2, 0.25) is 0 Å². The van der Waals surface area contributed by atoms with E-state index in [9.17, 15) is 9.59 Å². The summed E-state index contributed by atoms with van der Waals surface area (Å²) in [6.45, 7) is 2.21. The van der Waals surface area contributed by atoms with Crippen LogP contribution < -0.4 is 10.1 Å². The molecule has 1 heterocycles. The van der Waals surface area contributed by atoms with Gasteiger partial charge in [-0.1, -0.05) is 0 Å². The van der Waals surface area contributed by atoms with Crippen LogP contribution in [0.4, 0.5) is 10.5 Å². The normalized spacial score (nSPS) is 10.0. The van der Waals surface area contributed by atoms with Crippen molar-refractivity contribution in [3.63, 3.8) is 0 Å². The Morgan fingerprint density at radius 1 is 1.13 bits per heavy atom. The smallest absolute Gasteiger partial charge is 0.411 e. The Balaban J connectivity index is 1.98. The molecule has 0 atom stereocenters. The lowest BCUT2D eigenvalue weighted by molar-refractivity contribution is 0.0606. The number of thiophene rings is 1. The summed E-state index contributed by atoms with van der Waals surface area (Å²) >= 11 is 1.33. The molecule has 0 saturated carbocycles. The molecular formula is C16H17NO5S. The van der Waals surface area contributed by atoms with Crippen molar-refractivity contribution in [2.45, 2.75) is 13.5 Å². The Morgan fingerprint density at radius 3 is 2.57 bits per heavy atom. The second-order valence-electron chi connectivity index (χ2n) is 4.64. The Kier molecular flexibility index (Phi) is 5.59. The first-order valence-electron chi connectivity index (χ1n) is 6.79. The summed E-state index contributed by atoms with van der Waals surface area (Å²) in [6.07, 6.45) is -0.518. The molecule has 0 aliphatic heterocycles. The highest BCUT2D eigenvalue weighted by molar-refractivity contribution is 7.13. The molecule has 0 fully saturated rings. The molecule has 1 aromatic heterocycles. The van der Waals surface area contributed by atoms with Crippen molar-refractivity contribution in [3.8, 4) is 5.75 Å². The van der Waals surface area contributed by atoms with E-state index in [0.717, 1.165) is 10.4 Å². The molecule has 1 N–H and O–H groups in total. The maximum atomic E-state index is 11.4. The third-order valence-corrected chi connectivity index (χ3v) is 4.09. The maximum Gasteiger partial charge on any atom is 0.411 e. The van der Waals surface area contributed by atoms with Crippen molar-refractivity contribution in [2.24, 2.45) is 0 Å². The number of amides is 1. The Labute approximate surface area is 138 Å². The van der Waals surface area contributed by atoms with Crippen LogP contribution >= 0.6 is 11.3 Å². The zero-order valence-corrected chi connectivity index (χ0v) is 13.9. The highest BCUT2D eigenvalue weighted by atomic mass is 32.1. The number of hydrogen-bond donors (Lipinski definition) is 1. The number of anilines is 1. The fourth-order valence-corrected chi connectivity index (χ4v) is 2.69. The molecule has 23 heavy (non-hydrogen) atoms. The summed E-state index contributed by atoms with van der Waals surface area (Å²) < 4.78 is 14.9. The van der Waals surface area contributed by atoms with Gasteiger partial charge in [-0.25, -0.2) is 9.59 Å². The average molecular weight is 335 g/mol. The van der Waals surface area contributed by atoms with E-state index in [-0.39, 0.29) is 5.97 Å². The summed E-state index contributed by atoms with van der Waals surface area (Å²) in [5, 5.41) is 2.62. The van der Waals surface area contributed by atoms with Crippen LogP contribution in [0, 0.1) is 6.92 Å². The van der Waals surface area contributed by atoms with Crippen LogP contribution in [0.2, 0.25) is 0 Å². The number of nitrogens with one attached hydrogen (secondary N) is 1. The van der Waals surface area contributed by atoms with E-state index in [2.05, 4.69) is 14.8 Å². The first kappa shape index (κ1) is 16.8. The molecule has 0 radical (unpaired) electrons. The molecule has 6 nitrogen and oxygen atoms in total. The molecule has 122 valence electrons. The fourth-order valence-electron chi connectivity index (χ4n) is 1.85. The summed E-state index contributed by atoms with van der Waals surface area (Å²) in [5.74, 6) is 0.321. The van der Waals surface area contributed by atoms with Crippen LogP contribution in [0.1, 0.15) is 20.1 Å². The van der Waals surface area contributed by atoms with Crippen molar-refractivity contribution in [2.75, 3.05) is 19.5 Å². The van der Waals surface area contributed by atoms with E-state index in [0.29, 0.717) is 22.9 Å². The van der Waals surface area contributed by atoms with Crippen molar-refractivity contribution in [1.82, 2.24) is 0 Å². The van der Waals surface area contributed by atoms with Crippen LogP contribution in [0.15, 0.2) is 30.3 Å². The minimum atomic E-state index is -0.518. The molecule has 0 unspecified atom stereocenters. The largest absolute Gasteiger partial charge is 0.488 e. The van der Waals surface area contributed by atoms with Gasteiger partial charge in [-0.05, 0) is 42.8 Å².